The fourth-order valence-electron chi connectivity index (χ4n) is 4.03. The third kappa shape index (κ3) is 4.09. The molecule has 2 aromatic rings. The largest absolute Gasteiger partial charge is 0.346 e. The van der Waals surface area contributed by atoms with Gasteiger partial charge in [0, 0.05) is 30.6 Å². The summed E-state index contributed by atoms with van der Waals surface area (Å²) in [5.41, 5.74) is 1.19. The van der Waals surface area contributed by atoms with Crippen LogP contribution in [0.25, 0.3) is 0 Å². The number of hydrogen-bond acceptors (Lipinski definition) is 4. The number of nitrogens with zero attached hydrogens (tertiary/aromatic N) is 3. The first-order valence-electron chi connectivity index (χ1n) is 9.99. The van der Waals surface area contributed by atoms with Gasteiger partial charge in [0.25, 0.3) is 11.8 Å². The smallest absolute Gasteiger partial charge is 0.269 e. The van der Waals surface area contributed by atoms with E-state index in [-0.39, 0.29) is 17.9 Å². The monoisotopic (exact) mass is 381 g/mol. The van der Waals surface area contributed by atoms with Crippen molar-refractivity contribution in [3.63, 3.8) is 0 Å². The highest BCUT2D eigenvalue weighted by Gasteiger charge is 2.29. The van der Waals surface area contributed by atoms with Crippen LogP contribution in [0.15, 0.2) is 36.5 Å². The molecule has 3 heterocycles. The van der Waals surface area contributed by atoms with Gasteiger partial charge in [-0.05, 0) is 51.5 Å². The maximum atomic E-state index is 12.6. The quantitative estimate of drug-likeness (QED) is 0.847. The number of rotatable bonds is 4. The van der Waals surface area contributed by atoms with E-state index in [4.69, 9.17) is 0 Å². The lowest BCUT2D eigenvalue weighted by Gasteiger charge is -2.27. The van der Waals surface area contributed by atoms with Gasteiger partial charge >= 0.3 is 0 Å². The summed E-state index contributed by atoms with van der Waals surface area (Å²) in [5, 5.41) is 3.04. The Morgan fingerprint density at radius 1 is 1.11 bits per heavy atom. The minimum atomic E-state index is -0.148. The summed E-state index contributed by atoms with van der Waals surface area (Å²) < 4.78 is 0. The summed E-state index contributed by atoms with van der Waals surface area (Å²) in [7, 11) is 2.13. The van der Waals surface area contributed by atoms with E-state index in [0.717, 1.165) is 38.2 Å². The Bertz CT molecular complexity index is 826. The summed E-state index contributed by atoms with van der Waals surface area (Å²) in [5.74, 6) is 1.17. The molecular formula is C21H27N5O2. The molecule has 2 aliphatic heterocycles. The van der Waals surface area contributed by atoms with Crippen LogP contribution in [0.1, 0.15) is 51.9 Å². The molecule has 148 valence electrons. The summed E-state index contributed by atoms with van der Waals surface area (Å²) in [4.78, 5) is 36.9. The Morgan fingerprint density at radius 3 is 2.61 bits per heavy atom. The number of imidazole rings is 1. The van der Waals surface area contributed by atoms with Gasteiger partial charge in [-0.1, -0.05) is 18.2 Å². The van der Waals surface area contributed by atoms with Gasteiger partial charge in [0.2, 0.25) is 0 Å². The molecule has 1 unspecified atom stereocenters. The number of carbonyl (C=O) groups excluding carboxylic acids is 2. The van der Waals surface area contributed by atoms with Crippen LogP contribution < -0.4 is 5.32 Å². The van der Waals surface area contributed by atoms with Crippen LogP contribution in [0.5, 0.6) is 0 Å². The number of aromatic nitrogens is 2. The molecule has 1 aromatic carbocycles. The number of amides is 2. The number of nitrogens with one attached hydrogen (secondary N) is 2. The second kappa shape index (κ2) is 8.14. The molecular weight excluding hydrogens is 354 g/mol. The molecule has 2 aliphatic rings. The molecule has 2 amide bonds. The molecule has 7 nitrogen and oxygen atoms in total. The fraction of sp³-hybridized carbons (Fsp3) is 0.476. The van der Waals surface area contributed by atoms with E-state index in [2.05, 4.69) is 27.2 Å². The lowest BCUT2D eigenvalue weighted by atomic mass is 9.97. The Morgan fingerprint density at radius 2 is 1.86 bits per heavy atom. The average molecular weight is 381 g/mol. The second-order valence-corrected chi connectivity index (χ2v) is 7.84. The first kappa shape index (κ1) is 18.7. The lowest BCUT2D eigenvalue weighted by Crippen LogP contribution is -2.38. The molecule has 2 N–H and O–H groups in total. The minimum Gasteiger partial charge on any atom is -0.346 e. The molecule has 4 rings (SSSR count). The first-order chi connectivity index (χ1) is 13.6. The number of aromatic amines is 1. The van der Waals surface area contributed by atoms with Crippen LogP contribution >= 0.6 is 0 Å². The molecule has 0 bridgehead atoms. The van der Waals surface area contributed by atoms with Crippen LogP contribution in [-0.4, -0.2) is 70.9 Å². The predicted molar refractivity (Wildman–Crippen MR) is 106 cm³/mol. The highest BCUT2D eigenvalue weighted by molar-refractivity contribution is 5.95. The molecule has 1 aromatic heterocycles. The Labute approximate surface area is 165 Å². The predicted octanol–water partition coefficient (Wildman–Crippen LogP) is 1.86. The zero-order valence-corrected chi connectivity index (χ0v) is 16.2. The van der Waals surface area contributed by atoms with Gasteiger partial charge in [-0.15, -0.1) is 0 Å². The zero-order chi connectivity index (χ0) is 19.5. The molecule has 2 fully saturated rings. The van der Waals surface area contributed by atoms with E-state index in [1.165, 1.54) is 0 Å². The molecule has 1 atom stereocenters. The Balaban J connectivity index is 1.32. The maximum Gasteiger partial charge on any atom is 0.269 e. The maximum absolute atomic E-state index is 12.6. The van der Waals surface area contributed by atoms with Crippen molar-refractivity contribution < 1.29 is 9.59 Å². The number of H-pyrrole nitrogens is 1. The molecule has 0 saturated carbocycles. The minimum absolute atomic E-state index is 0.0171. The van der Waals surface area contributed by atoms with E-state index in [0.29, 0.717) is 30.3 Å². The lowest BCUT2D eigenvalue weighted by molar-refractivity contribution is 0.0783. The number of hydrogen-bond donors (Lipinski definition) is 2. The molecule has 0 spiro atoms. The van der Waals surface area contributed by atoms with E-state index in [1.807, 2.05) is 30.3 Å². The Hall–Kier alpha value is -2.67. The van der Waals surface area contributed by atoms with Gasteiger partial charge in [0.05, 0.1) is 6.20 Å². The number of piperidine rings is 1. The van der Waals surface area contributed by atoms with Crippen LogP contribution in [-0.2, 0) is 0 Å². The average Bonchev–Trinajstić information content (AvgIpc) is 3.39. The van der Waals surface area contributed by atoms with Crippen molar-refractivity contribution in [3.8, 4) is 0 Å². The molecule has 2 saturated heterocycles. The standard InChI is InChI=1S/C21H27N5O2/c1-25-10-7-15(8-11-25)19-22-13-18(24-19)20(27)23-17-9-12-26(14-17)21(28)16-5-3-2-4-6-16/h2-6,13,15,17H,7-12,14H2,1H3,(H,22,24)(H,23,27). The number of benzene rings is 1. The third-order valence-corrected chi connectivity index (χ3v) is 5.78. The Kier molecular flexibility index (Phi) is 5.43. The van der Waals surface area contributed by atoms with E-state index >= 15 is 0 Å². The fourth-order valence-corrected chi connectivity index (χ4v) is 4.03. The van der Waals surface area contributed by atoms with Gasteiger partial charge in [0.15, 0.2) is 0 Å². The SMILES string of the molecule is CN1CCC(c2ncc(C(=O)NC3CCN(C(=O)c4ccccc4)C3)[nH]2)CC1. The normalized spacial score (nSPS) is 21.0. The van der Waals surface area contributed by atoms with Crippen LogP contribution in [0.2, 0.25) is 0 Å². The van der Waals surface area contributed by atoms with Crippen LogP contribution in [0, 0.1) is 0 Å². The van der Waals surface area contributed by atoms with E-state index in [1.54, 1.807) is 11.1 Å². The summed E-state index contributed by atoms with van der Waals surface area (Å²) in [6, 6.07) is 9.24. The molecule has 0 aliphatic carbocycles. The topological polar surface area (TPSA) is 81.3 Å². The van der Waals surface area contributed by atoms with Gasteiger partial charge in [0.1, 0.15) is 11.5 Å². The van der Waals surface area contributed by atoms with E-state index < -0.39 is 0 Å². The number of carbonyl (C=O) groups is 2. The molecule has 0 radical (unpaired) electrons. The summed E-state index contributed by atoms with van der Waals surface area (Å²) >= 11 is 0. The molecule has 7 heteroatoms. The zero-order valence-electron chi connectivity index (χ0n) is 16.2. The summed E-state index contributed by atoms with van der Waals surface area (Å²) in [6.45, 7) is 3.30. The second-order valence-electron chi connectivity index (χ2n) is 7.84. The first-order valence-corrected chi connectivity index (χ1v) is 9.99. The van der Waals surface area contributed by atoms with Crippen molar-refractivity contribution in [3.05, 3.63) is 53.6 Å². The molecule has 28 heavy (non-hydrogen) atoms. The van der Waals surface area contributed by atoms with Crippen LogP contribution in [0.3, 0.4) is 0 Å². The highest BCUT2D eigenvalue weighted by Crippen LogP contribution is 2.25. The number of likely N-dealkylation sites (tertiary alicyclic amines) is 2. The van der Waals surface area contributed by atoms with Gasteiger partial charge in [-0.2, -0.15) is 0 Å². The third-order valence-electron chi connectivity index (χ3n) is 5.78. The van der Waals surface area contributed by atoms with Crippen molar-refractivity contribution in [1.82, 2.24) is 25.1 Å². The van der Waals surface area contributed by atoms with Gasteiger partial charge in [-0.25, -0.2) is 4.98 Å². The van der Waals surface area contributed by atoms with Crippen molar-refractivity contribution in [1.29, 1.82) is 0 Å². The van der Waals surface area contributed by atoms with E-state index in [9.17, 15) is 9.59 Å². The van der Waals surface area contributed by atoms with Crippen molar-refractivity contribution in [2.75, 3.05) is 33.2 Å². The van der Waals surface area contributed by atoms with Gasteiger partial charge < -0.3 is 20.1 Å². The summed E-state index contributed by atoms with van der Waals surface area (Å²) in [6.07, 6.45) is 4.51. The highest BCUT2D eigenvalue weighted by atomic mass is 16.2. The van der Waals surface area contributed by atoms with Crippen LogP contribution in [0.4, 0.5) is 0 Å². The van der Waals surface area contributed by atoms with Crippen molar-refractivity contribution >= 4 is 11.8 Å². The van der Waals surface area contributed by atoms with Crippen molar-refractivity contribution in [2.24, 2.45) is 0 Å². The van der Waals surface area contributed by atoms with Gasteiger partial charge in [-0.3, -0.25) is 9.59 Å². The van der Waals surface area contributed by atoms with Crippen molar-refractivity contribution in [2.45, 2.75) is 31.2 Å².